The molecule has 200 valence electrons. The lowest BCUT2D eigenvalue weighted by Crippen LogP contribution is -2.38. The van der Waals surface area contributed by atoms with Gasteiger partial charge in [-0.25, -0.2) is 0 Å². The lowest BCUT2D eigenvalue weighted by atomic mass is 9.79. The van der Waals surface area contributed by atoms with E-state index in [0.717, 1.165) is 78.3 Å². The predicted molar refractivity (Wildman–Crippen MR) is 151 cm³/mol. The lowest BCUT2D eigenvalue weighted by Gasteiger charge is -2.38. The average Bonchev–Trinajstić information content (AvgIpc) is 2.94. The lowest BCUT2D eigenvalue weighted by molar-refractivity contribution is 0.237. The minimum absolute atomic E-state index is 0.156. The van der Waals surface area contributed by atoms with Crippen LogP contribution in [0, 0.1) is 11.3 Å². The summed E-state index contributed by atoms with van der Waals surface area (Å²) in [5.74, 6) is 2.21. The van der Waals surface area contributed by atoms with Crippen molar-refractivity contribution >= 4 is 6.08 Å². The summed E-state index contributed by atoms with van der Waals surface area (Å²) in [7, 11) is 0. The van der Waals surface area contributed by atoms with Crippen LogP contribution in [0.3, 0.4) is 0 Å². The second-order valence-electron chi connectivity index (χ2n) is 9.73. The second kappa shape index (κ2) is 13.2. The van der Waals surface area contributed by atoms with E-state index in [1.807, 2.05) is 42.5 Å². The van der Waals surface area contributed by atoms with E-state index in [0.29, 0.717) is 25.3 Å². The second-order valence-corrected chi connectivity index (χ2v) is 9.73. The molecule has 1 atom stereocenters. The number of rotatable bonds is 11. The maximum absolute atomic E-state index is 10.2. The van der Waals surface area contributed by atoms with Gasteiger partial charge in [0.2, 0.25) is 5.88 Å². The molecule has 1 unspecified atom stereocenters. The number of ether oxygens (including phenoxy) is 3. The highest BCUT2D eigenvalue weighted by molar-refractivity contribution is 5.66. The molecule has 6 heteroatoms. The number of hydrogen-bond acceptors (Lipinski definition) is 6. The normalized spacial score (nSPS) is 18.7. The summed E-state index contributed by atoms with van der Waals surface area (Å²) in [6.45, 7) is 10.0. The number of nitrogens with two attached hydrogens (primary N) is 1. The Morgan fingerprint density at radius 2 is 1.63 bits per heavy atom. The van der Waals surface area contributed by atoms with Gasteiger partial charge in [0.15, 0.2) is 0 Å². The largest absolute Gasteiger partial charge is 0.493 e. The van der Waals surface area contributed by atoms with Crippen molar-refractivity contribution in [1.82, 2.24) is 4.90 Å². The highest BCUT2D eigenvalue weighted by atomic mass is 16.5. The summed E-state index contributed by atoms with van der Waals surface area (Å²) >= 11 is 0. The third-order valence-corrected chi connectivity index (χ3v) is 7.04. The number of allylic oxidation sites excluding steroid dienone is 1. The van der Waals surface area contributed by atoms with E-state index in [1.54, 1.807) is 0 Å². The number of likely N-dealkylation sites (N-methyl/N-ethyl adjacent to an activating group) is 1. The molecule has 2 N–H and O–H groups in total. The van der Waals surface area contributed by atoms with Crippen molar-refractivity contribution in [1.29, 1.82) is 5.26 Å². The van der Waals surface area contributed by atoms with E-state index in [-0.39, 0.29) is 11.8 Å². The molecule has 6 nitrogen and oxygen atoms in total. The molecule has 0 aromatic heterocycles. The third kappa shape index (κ3) is 6.06. The van der Waals surface area contributed by atoms with Gasteiger partial charge in [-0.15, -0.1) is 0 Å². The summed E-state index contributed by atoms with van der Waals surface area (Å²) in [4.78, 5) is 2.36. The van der Waals surface area contributed by atoms with Gasteiger partial charge in [-0.3, -0.25) is 4.90 Å². The van der Waals surface area contributed by atoms with Gasteiger partial charge in [0, 0.05) is 29.8 Å². The van der Waals surface area contributed by atoms with Crippen LogP contribution in [0.25, 0.3) is 6.08 Å². The van der Waals surface area contributed by atoms with Crippen molar-refractivity contribution in [2.24, 2.45) is 5.73 Å². The zero-order chi connectivity index (χ0) is 26.9. The molecule has 0 fully saturated rings. The van der Waals surface area contributed by atoms with Gasteiger partial charge in [-0.05, 0) is 43.2 Å². The number of nitriles is 1. The molecule has 0 saturated heterocycles. The monoisotopic (exact) mass is 513 g/mol. The zero-order valence-corrected chi connectivity index (χ0v) is 22.8. The van der Waals surface area contributed by atoms with E-state index in [9.17, 15) is 5.26 Å². The SMILES string of the molecule is CCCCOc1ccccc1/C=C1\CN(CC)CC2=C1OC(N)=C(C#N)C2c1ccccc1OCCCC. The van der Waals surface area contributed by atoms with Crippen LogP contribution in [0.4, 0.5) is 0 Å². The summed E-state index contributed by atoms with van der Waals surface area (Å²) in [6, 6.07) is 18.4. The number of nitrogens with zero attached hydrogens (tertiary/aromatic N) is 2. The van der Waals surface area contributed by atoms with Crippen molar-refractivity contribution in [3.63, 3.8) is 0 Å². The Balaban J connectivity index is 1.81. The Labute approximate surface area is 227 Å². The van der Waals surface area contributed by atoms with Crippen LogP contribution in [0.2, 0.25) is 0 Å². The molecule has 2 aromatic rings. The first-order valence-electron chi connectivity index (χ1n) is 13.8. The molecule has 2 heterocycles. The summed E-state index contributed by atoms with van der Waals surface area (Å²) < 4.78 is 18.5. The van der Waals surface area contributed by atoms with Gasteiger partial charge in [-0.1, -0.05) is 70.0 Å². The van der Waals surface area contributed by atoms with Crippen LogP contribution in [0.5, 0.6) is 11.5 Å². The summed E-state index contributed by atoms with van der Waals surface area (Å²) in [5.41, 5.74) is 10.9. The summed E-state index contributed by atoms with van der Waals surface area (Å²) in [6.07, 6.45) is 6.25. The summed E-state index contributed by atoms with van der Waals surface area (Å²) in [5, 5.41) is 10.2. The minimum Gasteiger partial charge on any atom is -0.493 e. The van der Waals surface area contributed by atoms with Gasteiger partial charge >= 0.3 is 0 Å². The molecule has 0 radical (unpaired) electrons. The van der Waals surface area contributed by atoms with Gasteiger partial charge in [0.25, 0.3) is 0 Å². The fraction of sp³-hybridized carbons (Fsp3) is 0.406. The van der Waals surface area contributed by atoms with Crippen LogP contribution >= 0.6 is 0 Å². The average molecular weight is 514 g/mol. The molecule has 2 aliphatic heterocycles. The van der Waals surface area contributed by atoms with Crippen molar-refractivity contribution in [2.75, 3.05) is 32.8 Å². The maximum Gasteiger partial charge on any atom is 0.205 e. The van der Waals surface area contributed by atoms with Crippen LogP contribution in [0.1, 0.15) is 63.5 Å². The van der Waals surface area contributed by atoms with Gasteiger partial charge < -0.3 is 19.9 Å². The first kappa shape index (κ1) is 27.3. The highest BCUT2D eigenvalue weighted by Gasteiger charge is 2.38. The molecule has 2 aliphatic rings. The van der Waals surface area contributed by atoms with Gasteiger partial charge in [0.1, 0.15) is 28.9 Å². The molecular weight excluding hydrogens is 474 g/mol. The van der Waals surface area contributed by atoms with Crippen LogP contribution in [0.15, 0.2) is 76.9 Å². The van der Waals surface area contributed by atoms with Crippen LogP contribution in [-0.2, 0) is 4.74 Å². The van der Waals surface area contributed by atoms with Gasteiger partial charge in [0.05, 0.1) is 19.1 Å². The van der Waals surface area contributed by atoms with E-state index in [4.69, 9.17) is 19.9 Å². The Hall–Kier alpha value is -3.69. The van der Waals surface area contributed by atoms with E-state index in [1.165, 1.54) is 0 Å². The number of para-hydroxylation sites is 2. The Kier molecular flexibility index (Phi) is 9.51. The maximum atomic E-state index is 10.2. The fourth-order valence-corrected chi connectivity index (χ4v) is 4.94. The molecule has 4 rings (SSSR count). The first-order chi connectivity index (χ1) is 18.6. The smallest absolute Gasteiger partial charge is 0.205 e. The van der Waals surface area contributed by atoms with Crippen molar-refractivity contribution in [2.45, 2.75) is 52.4 Å². The fourth-order valence-electron chi connectivity index (χ4n) is 4.94. The first-order valence-corrected chi connectivity index (χ1v) is 13.8. The van der Waals surface area contributed by atoms with Crippen LogP contribution in [-0.4, -0.2) is 37.7 Å². The van der Waals surface area contributed by atoms with E-state index < -0.39 is 0 Å². The molecule has 0 saturated carbocycles. The van der Waals surface area contributed by atoms with Crippen molar-refractivity contribution in [3.05, 3.63) is 88.0 Å². The molecule has 0 aliphatic carbocycles. The minimum atomic E-state index is -0.338. The quantitative estimate of drug-likeness (QED) is 0.344. The molecule has 38 heavy (non-hydrogen) atoms. The number of hydrogen-bond donors (Lipinski definition) is 1. The standard InChI is InChI=1S/C32H39N3O3/c1-4-7-17-36-28-15-11-9-13-23(28)19-24-21-35(6-3)22-27-30(26(20-33)32(34)38-31(24)27)25-14-10-12-16-29(25)37-18-8-5-2/h9-16,19,30H,4-8,17-18,21-22,34H2,1-3H3/b24-19+. The van der Waals surface area contributed by atoms with Crippen molar-refractivity contribution in [3.8, 4) is 17.6 Å². The molecular formula is C32H39N3O3. The number of unbranched alkanes of at least 4 members (excludes halogenated alkanes) is 2. The topological polar surface area (TPSA) is 80.7 Å². The number of benzene rings is 2. The Morgan fingerprint density at radius 3 is 2.32 bits per heavy atom. The molecule has 0 bridgehead atoms. The highest BCUT2D eigenvalue weighted by Crippen LogP contribution is 2.46. The van der Waals surface area contributed by atoms with Gasteiger partial charge in [-0.2, -0.15) is 5.26 Å². The Bertz CT molecular complexity index is 1250. The van der Waals surface area contributed by atoms with Crippen LogP contribution < -0.4 is 15.2 Å². The van der Waals surface area contributed by atoms with Crippen molar-refractivity contribution < 1.29 is 14.2 Å². The van der Waals surface area contributed by atoms with E-state index in [2.05, 4.69) is 43.9 Å². The Morgan fingerprint density at radius 1 is 0.974 bits per heavy atom. The zero-order valence-electron chi connectivity index (χ0n) is 22.8. The molecule has 0 spiro atoms. The molecule has 2 aromatic carbocycles. The third-order valence-electron chi connectivity index (χ3n) is 7.04. The van der Waals surface area contributed by atoms with E-state index >= 15 is 0 Å². The predicted octanol–water partition coefficient (Wildman–Crippen LogP) is 6.53. The molecule has 0 amide bonds.